The number of aromatic nitrogens is 2. The van der Waals surface area contributed by atoms with Crippen LogP contribution in [0, 0.1) is 5.82 Å². The van der Waals surface area contributed by atoms with Gasteiger partial charge < -0.3 is 10.1 Å². The zero-order chi connectivity index (χ0) is 15.5. The minimum atomic E-state index is -3.99. The first-order chi connectivity index (χ1) is 9.95. The van der Waals surface area contributed by atoms with E-state index in [0.29, 0.717) is 0 Å². The van der Waals surface area contributed by atoms with Crippen molar-refractivity contribution in [1.29, 1.82) is 0 Å². The molecular formula is C13H12F3N3O2. The van der Waals surface area contributed by atoms with Gasteiger partial charge in [0.25, 0.3) is 5.91 Å². The summed E-state index contributed by atoms with van der Waals surface area (Å²) in [7, 11) is 1.44. The van der Waals surface area contributed by atoms with Crippen LogP contribution in [0.4, 0.5) is 18.9 Å². The molecule has 0 saturated carbocycles. The van der Waals surface area contributed by atoms with Gasteiger partial charge in [-0.15, -0.1) is 0 Å². The van der Waals surface area contributed by atoms with Gasteiger partial charge >= 0.3 is 5.92 Å². The molecule has 0 bridgehead atoms. The second-order valence-electron chi connectivity index (χ2n) is 4.19. The molecule has 8 heteroatoms. The highest BCUT2D eigenvalue weighted by atomic mass is 19.3. The number of anilines is 1. The Morgan fingerprint density at radius 3 is 2.81 bits per heavy atom. The van der Waals surface area contributed by atoms with Crippen molar-refractivity contribution in [3.8, 4) is 0 Å². The topological polar surface area (TPSA) is 56.1 Å². The Morgan fingerprint density at radius 2 is 2.14 bits per heavy atom. The Balaban J connectivity index is 2.16. The van der Waals surface area contributed by atoms with Crippen LogP contribution >= 0.6 is 0 Å². The summed E-state index contributed by atoms with van der Waals surface area (Å²) in [6, 6.07) is 4.23. The number of hydrogen-bond acceptors (Lipinski definition) is 3. The van der Waals surface area contributed by atoms with Crippen molar-refractivity contribution >= 4 is 11.6 Å². The lowest BCUT2D eigenvalue weighted by Crippen LogP contribution is -2.33. The van der Waals surface area contributed by atoms with Crippen molar-refractivity contribution < 1.29 is 22.7 Å². The van der Waals surface area contributed by atoms with Gasteiger partial charge in [-0.1, -0.05) is 12.1 Å². The van der Waals surface area contributed by atoms with Crippen LogP contribution in [-0.2, 0) is 22.2 Å². The van der Waals surface area contributed by atoms with Crippen molar-refractivity contribution in [2.75, 3.05) is 12.4 Å². The van der Waals surface area contributed by atoms with Gasteiger partial charge in [-0.3, -0.25) is 4.79 Å². The van der Waals surface area contributed by atoms with Gasteiger partial charge in [-0.05, 0) is 12.1 Å². The fourth-order valence-electron chi connectivity index (χ4n) is 1.68. The predicted octanol–water partition coefficient (Wildman–Crippen LogP) is 2.36. The molecule has 0 spiro atoms. The number of carbonyl (C=O) groups excluding carboxylic acids is 1. The first-order valence-corrected chi connectivity index (χ1v) is 5.91. The predicted molar refractivity (Wildman–Crippen MR) is 68.2 cm³/mol. The summed E-state index contributed by atoms with van der Waals surface area (Å²) in [6.45, 7) is 0.111. The quantitative estimate of drug-likeness (QED) is 0.922. The Morgan fingerprint density at radius 1 is 1.43 bits per heavy atom. The number of carbonyl (C=O) groups is 1. The van der Waals surface area contributed by atoms with Crippen molar-refractivity contribution in [2.45, 2.75) is 12.7 Å². The molecule has 1 heterocycles. The number of benzene rings is 1. The molecule has 0 fully saturated rings. The second kappa shape index (κ2) is 5.96. The second-order valence-corrected chi connectivity index (χ2v) is 4.19. The number of nitrogens with one attached hydrogen (secondary N) is 1. The van der Waals surface area contributed by atoms with Crippen LogP contribution in [0.15, 0.2) is 36.7 Å². The number of halogens is 3. The van der Waals surface area contributed by atoms with E-state index < -0.39 is 23.2 Å². The Kier molecular flexibility index (Phi) is 4.27. The van der Waals surface area contributed by atoms with E-state index in [1.54, 1.807) is 0 Å². The van der Waals surface area contributed by atoms with E-state index in [2.05, 4.69) is 5.10 Å². The number of methoxy groups -OCH3 is 1. The van der Waals surface area contributed by atoms with Crippen LogP contribution in [0.2, 0.25) is 0 Å². The molecule has 0 aliphatic carbocycles. The number of ether oxygens (including phenoxy) is 1. The maximum atomic E-state index is 13.9. The average molecular weight is 299 g/mol. The third-order valence-corrected chi connectivity index (χ3v) is 2.65. The van der Waals surface area contributed by atoms with Gasteiger partial charge in [-0.25, -0.2) is 9.07 Å². The summed E-state index contributed by atoms with van der Waals surface area (Å²) in [5.74, 6) is -6.77. The van der Waals surface area contributed by atoms with Crippen molar-refractivity contribution in [3.63, 3.8) is 0 Å². The molecule has 0 atom stereocenters. The summed E-state index contributed by atoms with van der Waals surface area (Å²) < 4.78 is 47.4. The first kappa shape index (κ1) is 15.0. The summed E-state index contributed by atoms with van der Waals surface area (Å²) >= 11 is 0. The lowest BCUT2D eigenvalue weighted by Gasteiger charge is -2.16. The maximum absolute atomic E-state index is 13.9. The van der Waals surface area contributed by atoms with Gasteiger partial charge in [0.15, 0.2) is 0 Å². The lowest BCUT2D eigenvalue weighted by atomic mass is 10.1. The van der Waals surface area contributed by atoms with Crippen molar-refractivity contribution in [3.05, 3.63) is 48.0 Å². The van der Waals surface area contributed by atoms with Gasteiger partial charge in [0.1, 0.15) is 12.5 Å². The average Bonchev–Trinajstić information content (AvgIpc) is 2.87. The lowest BCUT2D eigenvalue weighted by molar-refractivity contribution is -0.141. The van der Waals surface area contributed by atoms with Gasteiger partial charge in [0.05, 0.1) is 23.6 Å². The molecule has 2 aromatic rings. The number of amides is 1. The molecule has 5 nitrogen and oxygen atoms in total. The molecule has 0 unspecified atom stereocenters. The minimum absolute atomic E-state index is 0.0630. The molecule has 0 saturated heterocycles. The molecule has 0 aliphatic heterocycles. The summed E-state index contributed by atoms with van der Waals surface area (Å²) in [4.78, 5) is 11.7. The normalized spacial score (nSPS) is 11.4. The van der Waals surface area contributed by atoms with Gasteiger partial charge in [0.2, 0.25) is 0 Å². The number of nitrogens with zero attached hydrogens (tertiary/aromatic N) is 2. The molecule has 1 amide bonds. The van der Waals surface area contributed by atoms with Crippen LogP contribution in [-0.4, -0.2) is 22.8 Å². The van der Waals surface area contributed by atoms with Crippen LogP contribution in [0.25, 0.3) is 0 Å². The first-order valence-electron chi connectivity index (χ1n) is 5.91. The van der Waals surface area contributed by atoms with E-state index in [1.807, 2.05) is 5.32 Å². The highest BCUT2D eigenvalue weighted by molar-refractivity contribution is 5.96. The molecule has 1 aromatic carbocycles. The van der Waals surface area contributed by atoms with Crippen LogP contribution in [0.5, 0.6) is 0 Å². The third-order valence-electron chi connectivity index (χ3n) is 2.65. The molecule has 0 aliphatic rings. The van der Waals surface area contributed by atoms with Crippen LogP contribution in [0.1, 0.15) is 5.56 Å². The largest absolute Gasteiger partial charge is 0.362 e. The molecule has 2 rings (SSSR count). The summed E-state index contributed by atoms with van der Waals surface area (Å²) in [5.41, 5.74) is -0.917. The van der Waals surface area contributed by atoms with Gasteiger partial charge in [-0.2, -0.15) is 13.9 Å². The van der Waals surface area contributed by atoms with E-state index >= 15 is 0 Å². The summed E-state index contributed by atoms with van der Waals surface area (Å²) in [6.07, 6.45) is 2.51. The smallest absolute Gasteiger partial charge is 0.352 e. The Hall–Kier alpha value is -2.35. The standard InChI is InChI=1S/C13H12F3N3O2/c1-21-8-19-7-9(6-17-19)18-12(20)13(15,16)10-4-2-3-5-11(10)14/h2-7H,8H2,1H3,(H,18,20). The van der Waals surface area contributed by atoms with Crippen LogP contribution in [0.3, 0.4) is 0 Å². The van der Waals surface area contributed by atoms with E-state index in [9.17, 15) is 18.0 Å². The van der Waals surface area contributed by atoms with Crippen LogP contribution < -0.4 is 5.32 Å². The van der Waals surface area contributed by atoms with Crippen molar-refractivity contribution in [2.24, 2.45) is 0 Å². The number of rotatable bonds is 5. The Labute approximate surface area is 118 Å². The molecule has 0 radical (unpaired) electrons. The fourth-order valence-corrected chi connectivity index (χ4v) is 1.68. The Bertz CT molecular complexity index is 643. The molecule has 1 aromatic heterocycles. The van der Waals surface area contributed by atoms with E-state index in [0.717, 1.165) is 12.1 Å². The molecule has 21 heavy (non-hydrogen) atoms. The zero-order valence-electron chi connectivity index (χ0n) is 11.0. The van der Waals surface area contributed by atoms with E-state index in [4.69, 9.17) is 4.74 Å². The fraction of sp³-hybridized carbons (Fsp3) is 0.231. The third kappa shape index (κ3) is 3.22. The number of alkyl halides is 2. The van der Waals surface area contributed by atoms with E-state index in [-0.39, 0.29) is 12.4 Å². The van der Waals surface area contributed by atoms with Gasteiger partial charge in [0, 0.05) is 7.11 Å². The molecule has 1 N–H and O–H groups in total. The highest BCUT2D eigenvalue weighted by Gasteiger charge is 2.43. The molecule has 112 valence electrons. The van der Waals surface area contributed by atoms with Crippen molar-refractivity contribution in [1.82, 2.24) is 9.78 Å². The molecular weight excluding hydrogens is 287 g/mol. The van der Waals surface area contributed by atoms with E-state index in [1.165, 1.54) is 36.3 Å². The summed E-state index contributed by atoms with van der Waals surface area (Å²) in [5, 5.41) is 5.78. The highest BCUT2D eigenvalue weighted by Crippen LogP contribution is 2.31. The SMILES string of the molecule is COCn1cc(NC(=O)C(F)(F)c2ccccc2F)cn1. The number of hydrogen-bond donors (Lipinski definition) is 1. The maximum Gasteiger partial charge on any atom is 0.352 e. The monoisotopic (exact) mass is 299 g/mol. The zero-order valence-corrected chi connectivity index (χ0v) is 11.0. The minimum Gasteiger partial charge on any atom is -0.362 e.